The number of carbonyl (C=O) groups excluding carboxylic acids is 3. The number of para-hydroxylation sites is 1. The van der Waals surface area contributed by atoms with Crippen LogP contribution in [0.15, 0.2) is 65.1 Å². The van der Waals surface area contributed by atoms with Gasteiger partial charge in [-0.1, -0.05) is 48.5 Å². The lowest BCUT2D eigenvalue weighted by Crippen LogP contribution is -2.35. The van der Waals surface area contributed by atoms with Crippen LogP contribution >= 0.6 is 0 Å². The fourth-order valence-electron chi connectivity index (χ4n) is 2.78. The molecular formula is C22H22N2O5. The molecule has 29 heavy (non-hydrogen) atoms. The van der Waals surface area contributed by atoms with Crippen molar-refractivity contribution in [2.24, 2.45) is 0 Å². The SMILES string of the molecule is C[C@H](NC(=O)COC(=O)CNC(=O)Cc1ccccc1)c1cc2ccccc2o1. The number of hydrogen-bond acceptors (Lipinski definition) is 5. The smallest absolute Gasteiger partial charge is 0.325 e. The number of amides is 2. The molecule has 0 aliphatic carbocycles. The van der Waals surface area contributed by atoms with Crippen molar-refractivity contribution in [1.82, 2.24) is 10.6 Å². The van der Waals surface area contributed by atoms with E-state index in [1.807, 2.05) is 60.7 Å². The van der Waals surface area contributed by atoms with Gasteiger partial charge >= 0.3 is 5.97 Å². The molecule has 7 heteroatoms. The van der Waals surface area contributed by atoms with E-state index >= 15 is 0 Å². The summed E-state index contributed by atoms with van der Waals surface area (Å²) in [6, 6.07) is 18.2. The average Bonchev–Trinajstić information content (AvgIpc) is 3.16. The van der Waals surface area contributed by atoms with E-state index in [-0.39, 0.29) is 24.9 Å². The Morgan fingerprint density at radius 2 is 1.72 bits per heavy atom. The third kappa shape index (κ3) is 5.93. The molecule has 3 aromatic rings. The van der Waals surface area contributed by atoms with Gasteiger partial charge in [-0.25, -0.2) is 0 Å². The summed E-state index contributed by atoms with van der Waals surface area (Å²) in [5.41, 5.74) is 1.58. The Bertz CT molecular complexity index is 964. The second-order valence-corrected chi connectivity index (χ2v) is 6.58. The number of furan rings is 1. The van der Waals surface area contributed by atoms with Crippen molar-refractivity contribution in [3.63, 3.8) is 0 Å². The van der Waals surface area contributed by atoms with Crippen LogP contribution in [0, 0.1) is 0 Å². The van der Waals surface area contributed by atoms with Crippen molar-refractivity contribution in [2.45, 2.75) is 19.4 Å². The molecule has 0 aliphatic heterocycles. The molecule has 0 radical (unpaired) electrons. The molecule has 0 saturated heterocycles. The van der Waals surface area contributed by atoms with E-state index in [0.29, 0.717) is 5.76 Å². The molecule has 0 bridgehead atoms. The lowest BCUT2D eigenvalue weighted by Gasteiger charge is -2.11. The number of hydrogen-bond donors (Lipinski definition) is 2. The summed E-state index contributed by atoms with van der Waals surface area (Å²) in [4.78, 5) is 35.6. The second-order valence-electron chi connectivity index (χ2n) is 6.58. The number of fused-ring (bicyclic) bond motifs is 1. The Labute approximate surface area is 168 Å². The van der Waals surface area contributed by atoms with Crippen molar-refractivity contribution >= 4 is 28.8 Å². The highest BCUT2D eigenvalue weighted by atomic mass is 16.5. The van der Waals surface area contributed by atoms with E-state index in [9.17, 15) is 14.4 Å². The van der Waals surface area contributed by atoms with Gasteiger partial charge in [-0.05, 0) is 24.6 Å². The minimum absolute atomic E-state index is 0.170. The first-order valence-electron chi connectivity index (χ1n) is 9.25. The Balaban J connectivity index is 1.38. The van der Waals surface area contributed by atoms with Gasteiger partial charge in [-0.3, -0.25) is 14.4 Å². The Morgan fingerprint density at radius 1 is 1.00 bits per heavy atom. The molecule has 2 amide bonds. The zero-order chi connectivity index (χ0) is 20.6. The molecule has 2 aromatic carbocycles. The summed E-state index contributed by atoms with van der Waals surface area (Å²) >= 11 is 0. The summed E-state index contributed by atoms with van der Waals surface area (Å²) < 4.78 is 10.6. The van der Waals surface area contributed by atoms with Crippen LogP contribution in [0.5, 0.6) is 0 Å². The van der Waals surface area contributed by atoms with Crippen LogP contribution in [0.3, 0.4) is 0 Å². The molecule has 150 valence electrons. The molecule has 0 aliphatic rings. The first-order chi connectivity index (χ1) is 14.0. The van der Waals surface area contributed by atoms with Crippen molar-refractivity contribution < 1.29 is 23.5 Å². The highest BCUT2D eigenvalue weighted by Crippen LogP contribution is 2.23. The van der Waals surface area contributed by atoms with Crippen molar-refractivity contribution in [3.8, 4) is 0 Å². The van der Waals surface area contributed by atoms with Crippen LogP contribution in [-0.2, 0) is 25.5 Å². The summed E-state index contributed by atoms with van der Waals surface area (Å²) in [5.74, 6) is -0.824. The summed E-state index contributed by atoms with van der Waals surface area (Å²) in [6.07, 6.45) is 0.170. The van der Waals surface area contributed by atoms with E-state index < -0.39 is 18.5 Å². The first-order valence-corrected chi connectivity index (χ1v) is 9.25. The van der Waals surface area contributed by atoms with E-state index in [2.05, 4.69) is 10.6 Å². The topological polar surface area (TPSA) is 97.6 Å². The standard InChI is InChI=1S/C22H22N2O5/c1-15(19-12-17-9-5-6-10-18(17)29-19)24-21(26)14-28-22(27)13-23-20(25)11-16-7-3-2-4-8-16/h2-10,12,15H,11,13-14H2,1H3,(H,23,25)(H,24,26)/t15-/m0/s1. The fraction of sp³-hybridized carbons (Fsp3) is 0.227. The molecule has 2 N–H and O–H groups in total. The minimum Gasteiger partial charge on any atom is -0.459 e. The molecule has 0 unspecified atom stereocenters. The van der Waals surface area contributed by atoms with Crippen molar-refractivity contribution in [2.75, 3.05) is 13.2 Å². The van der Waals surface area contributed by atoms with Gasteiger partial charge in [0.2, 0.25) is 5.91 Å². The maximum Gasteiger partial charge on any atom is 0.325 e. The number of nitrogens with one attached hydrogen (secondary N) is 2. The van der Waals surface area contributed by atoms with E-state index in [0.717, 1.165) is 16.5 Å². The second kappa shape index (κ2) is 9.54. The molecule has 0 fully saturated rings. The summed E-state index contributed by atoms with van der Waals surface area (Å²) in [6.45, 7) is 1.05. The fourth-order valence-corrected chi connectivity index (χ4v) is 2.78. The Kier molecular flexibility index (Phi) is 6.63. The molecule has 1 atom stereocenters. The van der Waals surface area contributed by atoms with Gasteiger partial charge in [0.25, 0.3) is 5.91 Å². The molecule has 1 heterocycles. The summed E-state index contributed by atoms with van der Waals surface area (Å²) in [5, 5.41) is 6.13. The average molecular weight is 394 g/mol. The van der Waals surface area contributed by atoms with Gasteiger partial charge < -0.3 is 19.8 Å². The number of carbonyl (C=O) groups is 3. The molecule has 0 spiro atoms. The van der Waals surface area contributed by atoms with Gasteiger partial charge in [-0.2, -0.15) is 0 Å². The van der Waals surface area contributed by atoms with Crippen LogP contribution in [0.25, 0.3) is 11.0 Å². The lowest BCUT2D eigenvalue weighted by atomic mass is 10.1. The maximum atomic E-state index is 12.0. The van der Waals surface area contributed by atoms with E-state index in [1.54, 1.807) is 6.92 Å². The van der Waals surface area contributed by atoms with Crippen molar-refractivity contribution in [1.29, 1.82) is 0 Å². The highest BCUT2D eigenvalue weighted by Gasteiger charge is 2.16. The third-order valence-corrected chi connectivity index (χ3v) is 4.25. The molecule has 1 aromatic heterocycles. The van der Waals surface area contributed by atoms with Crippen LogP contribution in [0.2, 0.25) is 0 Å². The zero-order valence-electron chi connectivity index (χ0n) is 16.0. The normalized spacial score (nSPS) is 11.6. The number of benzene rings is 2. The Hall–Kier alpha value is -3.61. The zero-order valence-corrected chi connectivity index (χ0v) is 16.0. The van der Waals surface area contributed by atoms with Crippen LogP contribution in [-0.4, -0.2) is 30.9 Å². The first kappa shape index (κ1) is 20.1. The number of rotatable bonds is 8. The maximum absolute atomic E-state index is 12.0. The number of esters is 1. The largest absolute Gasteiger partial charge is 0.459 e. The molecule has 0 saturated carbocycles. The molecule has 3 rings (SSSR count). The predicted molar refractivity (Wildman–Crippen MR) is 107 cm³/mol. The van der Waals surface area contributed by atoms with Gasteiger partial charge in [0, 0.05) is 5.39 Å². The van der Waals surface area contributed by atoms with Gasteiger partial charge in [-0.15, -0.1) is 0 Å². The van der Waals surface area contributed by atoms with Crippen molar-refractivity contribution in [3.05, 3.63) is 72.0 Å². The number of ether oxygens (including phenoxy) is 1. The lowest BCUT2D eigenvalue weighted by molar-refractivity contribution is -0.148. The minimum atomic E-state index is -0.682. The summed E-state index contributed by atoms with van der Waals surface area (Å²) in [7, 11) is 0. The molecular weight excluding hydrogens is 372 g/mol. The van der Waals surface area contributed by atoms with Crippen LogP contribution in [0.4, 0.5) is 0 Å². The van der Waals surface area contributed by atoms with Gasteiger partial charge in [0.15, 0.2) is 6.61 Å². The van der Waals surface area contributed by atoms with E-state index in [1.165, 1.54) is 0 Å². The monoisotopic (exact) mass is 394 g/mol. The van der Waals surface area contributed by atoms with Gasteiger partial charge in [0.05, 0.1) is 12.5 Å². The predicted octanol–water partition coefficient (Wildman–Crippen LogP) is 2.51. The van der Waals surface area contributed by atoms with E-state index in [4.69, 9.17) is 9.15 Å². The third-order valence-electron chi connectivity index (χ3n) is 4.25. The quantitative estimate of drug-likeness (QED) is 0.572. The molecule has 7 nitrogen and oxygen atoms in total. The Morgan fingerprint density at radius 3 is 2.48 bits per heavy atom. The van der Waals surface area contributed by atoms with Crippen LogP contribution < -0.4 is 10.6 Å². The van der Waals surface area contributed by atoms with Crippen LogP contribution in [0.1, 0.15) is 24.3 Å². The van der Waals surface area contributed by atoms with Gasteiger partial charge in [0.1, 0.15) is 17.9 Å². The highest BCUT2D eigenvalue weighted by molar-refractivity contribution is 5.85.